The third kappa shape index (κ3) is 4.24. The molecule has 1 heterocycles. The first-order valence-electron chi connectivity index (χ1n) is 4.66. The quantitative estimate of drug-likeness (QED) is 0.594. The largest absolute Gasteiger partial charge is 0.461 e. The average Bonchev–Trinajstić information content (AvgIpc) is 2.04. The molecule has 0 saturated carbocycles. The highest BCUT2D eigenvalue weighted by atomic mass is 16.5. The number of carbonyl (C=O) groups excluding carboxylic acids is 1. The Kier molecular flexibility index (Phi) is 4.18. The highest BCUT2D eigenvalue weighted by Crippen LogP contribution is 2.00. The summed E-state index contributed by atoms with van der Waals surface area (Å²) in [5.74, 6) is -0.208. The van der Waals surface area contributed by atoms with Crippen LogP contribution in [0.2, 0.25) is 0 Å². The Morgan fingerprint density at radius 3 is 2.69 bits per heavy atom. The Morgan fingerprint density at radius 1 is 1.54 bits per heavy atom. The Bertz CT molecular complexity index is 166. The number of ether oxygens (including phenoxy) is 2. The van der Waals surface area contributed by atoms with Crippen LogP contribution in [0.4, 0.5) is 0 Å². The molecule has 0 spiro atoms. The van der Waals surface area contributed by atoms with Crippen LogP contribution in [0.3, 0.4) is 0 Å². The molecule has 1 aliphatic rings. The van der Waals surface area contributed by atoms with Crippen molar-refractivity contribution in [1.29, 1.82) is 0 Å². The molecule has 0 N–H and O–H groups in total. The van der Waals surface area contributed by atoms with Gasteiger partial charge in [-0.15, -0.1) is 0 Å². The van der Waals surface area contributed by atoms with Gasteiger partial charge in [0.25, 0.3) is 0 Å². The third-order valence-corrected chi connectivity index (χ3v) is 1.99. The SMILES string of the molecule is CC(=O)OC(C)CN1CCOCC1. The van der Waals surface area contributed by atoms with E-state index in [1.54, 1.807) is 0 Å². The minimum atomic E-state index is -0.208. The van der Waals surface area contributed by atoms with Crippen LogP contribution in [0.15, 0.2) is 0 Å². The van der Waals surface area contributed by atoms with Crippen molar-refractivity contribution in [3.63, 3.8) is 0 Å². The molecule has 0 aromatic carbocycles. The van der Waals surface area contributed by atoms with Crippen LogP contribution in [-0.2, 0) is 14.3 Å². The maximum atomic E-state index is 10.6. The molecule has 1 saturated heterocycles. The molecule has 0 aromatic rings. The van der Waals surface area contributed by atoms with Gasteiger partial charge in [-0.1, -0.05) is 0 Å². The molecule has 13 heavy (non-hydrogen) atoms. The number of morpholine rings is 1. The van der Waals surface area contributed by atoms with E-state index in [0.717, 1.165) is 32.8 Å². The lowest BCUT2D eigenvalue weighted by Gasteiger charge is -2.28. The molecule has 4 heteroatoms. The molecule has 1 atom stereocenters. The molecule has 0 aromatic heterocycles. The predicted molar refractivity (Wildman–Crippen MR) is 48.5 cm³/mol. The van der Waals surface area contributed by atoms with Gasteiger partial charge in [-0.2, -0.15) is 0 Å². The second kappa shape index (κ2) is 5.19. The lowest BCUT2D eigenvalue weighted by Crippen LogP contribution is -2.41. The van der Waals surface area contributed by atoms with E-state index in [1.807, 2.05) is 6.92 Å². The van der Waals surface area contributed by atoms with Gasteiger partial charge in [-0.05, 0) is 6.92 Å². The molecular formula is C9H17NO3. The molecular weight excluding hydrogens is 170 g/mol. The van der Waals surface area contributed by atoms with Crippen LogP contribution >= 0.6 is 0 Å². The maximum Gasteiger partial charge on any atom is 0.302 e. The smallest absolute Gasteiger partial charge is 0.302 e. The number of carbonyl (C=O) groups is 1. The summed E-state index contributed by atoms with van der Waals surface area (Å²) < 4.78 is 10.2. The van der Waals surface area contributed by atoms with Gasteiger partial charge in [-0.25, -0.2) is 0 Å². The highest BCUT2D eigenvalue weighted by molar-refractivity contribution is 5.66. The van der Waals surface area contributed by atoms with Crippen LogP contribution in [0.1, 0.15) is 13.8 Å². The van der Waals surface area contributed by atoms with Crippen molar-refractivity contribution in [3.05, 3.63) is 0 Å². The summed E-state index contributed by atoms with van der Waals surface area (Å²) in [4.78, 5) is 12.9. The van der Waals surface area contributed by atoms with Crippen molar-refractivity contribution in [2.75, 3.05) is 32.8 Å². The van der Waals surface area contributed by atoms with Crippen LogP contribution in [0.5, 0.6) is 0 Å². The topological polar surface area (TPSA) is 38.8 Å². The van der Waals surface area contributed by atoms with E-state index < -0.39 is 0 Å². The first-order valence-corrected chi connectivity index (χ1v) is 4.66. The first kappa shape index (κ1) is 10.5. The summed E-state index contributed by atoms with van der Waals surface area (Å²) >= 11 is 0. The Labute approximate surface area is 78.8 Å². The summed E-state index contributed by atoms with van der Waals surface area (Å²) in [6.45, 7) is 7.60. The predicted octanol–water partition coefficient (Wildman–Crippen LogP) is 0.270. The third-order valence-electron chi connectivity index (χ3n) is 1.99. The summed E-state index contributed by atoms with van der Waals surface area (Å²) in [5, 5.41) is 0. The first-order chi connectivity index (χ1) is 6.18. The number of rotatable bonds is 3. The van der Waals surface area contributed by atoms with Crippen molar-refractivity contribution in [1.82, 2.24) is 4.90 Å². The number of hydrogen-bond donors (Lipinski definition) is 0. The Hall–Kier alpha value is -0.610. The van der Waals surface area contributed by atoms with Crippen LogP contribution in [0.25, 0.3) is 0 Å². The fourth-order valence-corrected chi connectivity index (χ4v) is 1.47. The summed E-state index contributed by atoms with van der Waals surface area (Å²) in [5.41, 5.74) is 0. The summed E-state index contributed by atoms with van der Waals surface area (Å²) in [7, 11) is 0. The van der Waals surface area contributed by atoms with Gasteiger partial charge in [-0.3, -0.25) is 9.69 Å². The summed E-state index contributed by atoms with van der Waals surface area (Å²) in [6, 6.07) is 0. The van der Waals surface area contributed by atoms with Crippen molar-refractivity contribution in [2.45, 2.75) is 20.0 Å². The standard InChI is InChI=1S/C9H17NO3/c1-8(13-9(2)11)7-10-3-5-12-6-4-10/h8H,3-7H2,1-2H3. The van der Waals surface area contributed by atoms with E-state index >= 15 is 0 Å². The average molecular weight is 187 g/mol. The zero-order valence-corrected chi connectivity index (χ0v) is 8.28. The molecule has 1 aliphatic heterocycles. The van der Waals surface area contributed by atoms with E-state index in [-0.39, 0.29) is 12.1 Å². The number of hydrogen-bond acceptors (Lipinski definition) is 4. The van der Waals surface area contributed by atoms with Crippen molar-refractivity contribution in [2.24, 2.45) is 0 Å². The fourth-order valence-electron chi connectivity index (χ4n) is 1.47. The highest BCUT2D eigenvalue weighted by Gasteiger charge is 2.14. The van der Waals surface area contributed by atoms with Crippen molar-refractivity contribution in [3.8, 4) is 0 Å². The molecule has 0 radical (unpaired) electrons. The van der Waals surface area contributed by atoms with Gasteiger partial charge >= 0.3 is 5.97 Å². The normalized spacial score (nSPS) is 21.1. The van der Waals surface area contributed by atoms with E-state index in [9.17, 15) is 4.79 Å². The second-order valence-electron chi connectivity index (χ2n) is 3.33. The van der Waals surface area contributed by atoms with Gasteiger partial charge < -0.3 is 9.47 Å². The maximum absolute atomic E-state index is 10.6. The molecule has 4 nitrogen and oxygen atoms in total. The van der Waals surface area contributed by atoms with Crippen molar-refractivity contribution < 1.29 is 14.3 Å². The van der Waals surface area contributed by atoms with Crippen LogP contribution in [0, 0.1) is 0 Å². The zero-order chi connectivity index (χ0) is 9.68. The minimum Gasteiger partial charge on any atom is -0.461 e. The van der Waals surface area contributed by atoms with Gasteiger partial charge in [0.2, 0.25) is 0 Å². The van der Waals surface area contributed by atoms with Crippen LogP contribution in [-0.4, -0.2) is 49.8 Å². The number of esters is 1. The van der Waals surface area contributed by atoms with Gasteiger partial charge in [0.15, 0.2) is 0 Å². The zero-order valence-electron chi connectivity index (χ0n) is 8.28. The Morgan fingerprint density at radius 2 is 2.15 bits per heavy atom. The monoisotopic (exact) mass is 187 g/mol. The van der Waals surface area contributed by atoms with Gasteiger partial charge in [0, 0.05) is 26.6 Å². The summed E-state index contributed by atoms with van der Waals surface area (Å²) in [6.07, 6.45) is -0.0180. The van der Waals surface area contributed by atoms with E-state index in [4.69, 9.17) is 9.47 Å². The molecule has 0 bridgehead atoms. The Balaban J connectivity index is 2.18. The molecule has 1 fully saturated rings. The van der Waals surface area contributed by atoms with Gasteiger partial charge in [0.1, 0.15) is 6.10 Å². The molecule has 1 unspecified atom stereocenters. The lowest BCUT2D eigenvalue weighted by atomic mass is 10.3. The minimum absolute atomic E-state index is 0.0180. The van der Waals surface area contributed by atoms with E-state index in [1.165, 1.54) is 6.92 Å². The van der Waals surface area contributed by atoms with Crippen LogP contribution < -0.4 is 0 Å². The lowest BCUT2D eigenvalue weighted by molar-refractivity contribution is -0.146. The molecule has 1 rings (SSSR count). The molecule has 0 amide bonds. The van der Waals surface area contributed by atoms with Gasteiger partial charge in [0.05, 0.1) is 13.2 Å². The van der Waals surface area contributed by atoms with E-state index in [2.05, 4.69) is 4.90 Å². The molecule has 0 aliphatic carbocycles. The van der Waals surface area contributed by atoms with E-state index in [0.29, 0.717) is 0 Å². The fraction of sp³-hybridized carbons (Fsp3) is 0.889. The van der Waals surface area contributed by atoms with Crippen molar-refractivity contribution >= 4 is 5.97 Å². The molecule has 76 valence electrons. The number of nitrogens with zero attached hydrogens (tertiary/aromatic N) is 1. The second-order valence-corrected chi connectivity index (χ2v) is 3.33.